The van der Waals surface area contributed by atoms with E-state index >= 15 is 4.39 Å². The average Bonchev–Trinajstić information content (AvgIpc) is 2.84. The zero-order valence-corrected chi connectivity index (χ0v) is 23.3. The van der Waals surface area contributed by atoms with Crippen LogP contribution in [0.1, 0.15) is 153 Å². The fraction of sp³-hybridized carbons (Fsp3) is 0.788. The number of aliphatic carboxylic acids is 1. The first-order valence-corrected chi connectivity index (χ1v) is 15.5. The second kappa shape index (κ2) is 14.5. The third-order valence-electron chi connectivity index (χ3n) is 9.59. The number of unbranched alkanes of at least 4 members (excludes halogenated alkanes) is 4. The summed E-state index contributed by atoms with van der Waals surface area (Å²) < 4.78 is 17.4. The van der Waals surface area contributed by atoms with Crippen molar-refractivity contribution in [3.05, 3.63) is 35.4 Å². The number of benzene rings is 1. The minimum absolute atomic E-state index is 0.254. The van der Waals surface area contributed by atoms with Gasteiger partial charge in [-0.2, -0.15) is 0 Å². The molecule has 2 saturated carbocycles. The Morgan fingerprint density at radius 1 is 0.861 bits per heavy atom. The Kier molecular flexibility index (Phi) is 11.8. The number of carboxylic acids is 1. The van der Waals surface area contributed by atoms with E-state index in [2.05, 4.69) is 38.1 Å². The zero-order chi connectivity index (χ0) is 25.9. The van der Waals surface area contributed by atoms with Crippen molar-refractivity contribution in [1.82, 2.24) is 0 Å². The number of hydrogen-bond donors (Lipinski definition) is 1. The molecule has 0 spiro atoms. The van der Waals surface area contributed by atoms with Gasteiger partial charge < -0.3 is 5.11 Å². The third kappa shape index (κ3) is 7.13. The highest BCUT2D eigenvalue weighted by atomic mass is 19.1. The summed E-state index contributed by atoms with van der Waals surface area (Å²) in [4.78, 5) is 13.4. The molecule has 0 saturated heterocycles. The van der Waals surface area contributed by atoms with E-state index in [-0.39, 0.29) is 5.92 Å². The molecule has 0 heterocycles. The van der Waals surface area contributed by atoms with Gasteiger partial charge in [0.25, 0.3) is 0 Å². The number of carboxylic acid groups (broad SMARTS) is 1. The summed E-state index contributed by atoms with van der Waals surface area (Å²) in [6.45, 7) is 4.46. The molecule has 2 fully saturated rings. The van der Waals surface area contributed by atoms with Crippen molar-refractivity contribution in [2.75, 3.05) is 0 Å². The van der Waals surface area contributed by atoms with E-state index in [4.69, 9.17) is 0 Å². The Bertz CT molecular complexity index is 764. The van der Waals surface area contributed by atoms with Crippen LogP contribution >= 0.6 is 0 Å². The molecule has 3 atom stereocenters. The number of alkyl halides is 1. The molecule has 1 aromatic carbocycles. The molecule has 2 aliphatic rings. The molecule has 1 aromatic rings. The van der Waals surface area contributed by atoms with Crippen molar-refractivity contribution in [3.8, 4) is 0 Å². The maximum Gasteiger partial charge on any atom is 0.313 e. The Morgan fingerprint density at radius 3 is 2.11 bits per heavy atom. The Balaban J connectivity index is 2.01. The van der Waals surface area contributed by atoms with Crippen molar-refractivity contribution in [2.24, 2.45) is 11.3 Å². The van der Waals surface area contributed by atoms with Gasteiger partial charge in [0.15, 0.2) is 0 Å². The van der Waals surface area contributed by atoms with Gasteiger partial charge in [-0.25, -0.2) is 4.39 Å². The minimum atomic E-state index is -1.63. The summed E-state index contributed by atoms with van der Waals surface area (Å²) >= 11 is 0. The van der Waals surface area contributed by atoms with Gasteiger partial charge in [-0.3, -0.25) is 4.79 Å². The number of hydrogen-bond acceptors (Lipinski definition) is 1. The van der Waals surface area contributed by atoms with Crippen LogP contribution < -0.4 is 0 Å². The first-order valence-electron chi connectivity index (χ1n) is 15.5. The van der Waals surface area contributed by atoms with E-state index in [1.165, 1.54) is 44.1 Å². The van der Waals surface area contributed by atoms with Gasteiger partial charge in [0.1, 0.15) is 11.1 Å². The summed E-state index contributed by atoms with van der Waals surface area (Å²) in [5.74, 6) is -0.644. The fourth-order valence-corrected chi connectivity index (χ4v) is 7.42. The van der Waals surface area contributed by atoms with Gasteiger partial charge in [0.2, 0.25) is 0 Å². The van der Waals surface area contributed by atoms with Crippen LogP contribution in [-0.4, -0.2) is 16.7 Å². The largest absolute Gasteiger partial charge is 0.481 e. The standard InChI is InChI=1S/C33H53FO2/c1-3-5-10-16-27-19-21-29(22-20-27)30-26-28(17-11-6-4-2)18-12-15-25-33(30,31(35)36)32(34)23-13-8-7-9-14-24-32/h19-22,28,30H,3-18,23-26H2,1-2H3,(H,35,36). The van der Waals surface area contributed by atoms with Crippen LogP contribution in [0.4, 0.5) is 4.39 Å². The van der Waals surface area contributed by atoms with Crippen LogP contribution in [0.3, 0.4) is 0 Å². The lowest BCUT2D eigenvalue weighted by molar-refractivity contribution is -0.169. The van der Waals surface area contributed by atoms with Crippen LogP contribution in [0.15, 0.2) is 24.3 Å². The molecule has 3 heteroatoms. The Morgan fingerprint density at radius 2 is 1.47 bits per heavy atom. The van der Waals surface area contributed by atoms with E-state index in [0.717, 1.165) is 76.2 Å². The van der Waals surface area contributed by atoms with Gasteiger partial charge in [-0.1, -0.05) is 128 Å². The molecule has 0 amide bonds. The van der Waals surface area contributed by atoms with Crippen molar-refractivity contribution >= 4 is 5.97 Å². The second-order valence-corrected chi connectivity index (χ2v) is 12.1. The topological polar surface area (TPSA) is 37.3 Å². The summed E-state index contributed by atoms with van der Waals surface area (Å²) in [7, 11) is 0. The predicted molar refractivity (Wildman–Crippen MR) is 149 cm³/mol. The van der Waals surface area contributed by atoms with Crippen molar-refractivity contribution in [3.63, 3.8) is 0 Å². The smallest absolute Gasteiger partial charge is 0.313 e. The van der Waals surface area contributed by atoms with Crippen LogP contribution in [0, 0.1) is 11.3 Å². The van der Waals surface area contributed by atoms with E-state index in [1.807, 2.05) is 0 Å². The van der Waals surface area contributed by atoms with E-state index in [0.29, 0.717) is 25.2 Å². The molecule has 0 aliphatic heterocycles. The second-order valence-electron chi connectivity index (χ2n) is 12.1. The molecule has 2 nitrogen and oxygen atoms in total. The molecule has 3 rings (SSSR count). The van der Waals surface area contributed by atoms with Crippen LogP contribution in [0.5, 0.6) is 0 Å². The van der Waals surface area contributed by atoms with Crippen LogP contribution in [-0.2, 0) is 11.2 Å². The van der Waals surface area contributed by atoms with Gasteiger partial charge in [-0.15, -0.1) is 0 Å². The normalized spacial score (nSPS) is 27.4. The maximum atomic E-state index is 17.4. The quantitative estimate of drug-likeness (QED) is 0.307. The Labute approximate surface area is 220 Å². The number of carbonyl (C=O) groups is 1. The van der Waals surface area contributed by atoms with Crippen molar-refractivity contribution in [2.45, 2.75) is 154 Å². The molecule has 0 bridgehead atoms. The van der Waals surface area contributed by atoms with E-state index in [1.54, 1.807) is 0 Å². The minimum Gasteiger partial charge on any atom is -0.481 e. The molecular formula is C33H53FO2. The lowest BCUT2D eigenvalue weighted by Crippen LogP contribution is -2.55. The van der Waals surface area contributed by atoms with E-state index in [9.17, 15) is 9.90 Å². The summed E-state index contributed by atoms with van der Waals surface area (Å²) in [6, 6.07) is 8.73. The number of aryl methyl sites for hydroxylation is 1. The van der Waals surface area contributed by atoms with Crippen molar-refractivity contribution < 1.29 is 14.3 Å². The monoisotopic (exact) mass is 500 g/mol. The number of halogens is 1. The first-order chi connectivity index (χ1) is 17.5. The first kappa shape index (κ1) is 29.2. The van der Waals surface area contributed by atoms with Gasteiger partial charge in [-0.05, 0) is 55.6 Å². The molecular weight excluding hydrogens is 447 g/mol. The SMILES string of the molecule is CCCCCc1ccc(C2CC(CCCCC)CCCCC2(C(=O)O)C2(F)CCCCCCC2)cc1. The molecule has 36 heavy (non-hydrogen) atoms. The zero-order valence-electron chi connectivity index (χ0n) is 23.3. The molecule has 0 radical (unpaired) electrons. The summed E-state index contributed by atoms with van der Waals surface area (Å²) in [6.07, 6.45) is 19.4. The van der Waals surface area contributed by atoms with Gasteiger partial charge in [0.05, 0.1) is 0 Å². The highest BCUT2D eigenvalue weighted by Crippen LogP contribution is 2.58. The lowest BCUT2D eigenvalue weighted by Gasteiger charge is -2.50. The molecule has 204 valence electrons. The predicted octanol–water partition coefficient (Wildman–Crippen LogP) is 10.2. The third-order valence-corrected chi connectivity index (χ3v) is 9.59. The number of rotatable bonds is 11. The highest BCUT2D eigenvalue weighted by Gasteiger charge is 2.61. The Hall–Kier alpha value is -1.38. The average molecular weight is 501 g/mol. The van der Waals surface area contributed by atoms with Crippen molar-refractivity contribution in [1.29, 1.82) is 0 Å². The summed E-state index contributed by atoms with van der Waals surface area (Å²) in [5, 5.41) is 11.0. The lowest BCUT2D eigenvalue weighted by atomic mass is 9.54. The summed E-state index contributed by atoms with van der Waals surface area (Å²) in [5.41, 5.74) is -0.565. The van der Waals surface area contributed by atoms with Crippen LogP contribution in [0.25, 0.3) is 0 Å². The maximum absolute atomic E-state index is 17.4. The van der Waals surface area contributed by atoms with Gasteiger partial charge >= 0.3 is 5.97 Å². The molecule has 2 aliphatic carbocycles. The molecule has 0 aromatic heterocycles. The highest BCUT2D eigenvalue weighted by molar-refractivity contribution is 5.78. The van der Waals surface area contributed by atoms with Gasteiger partial charge in [0, 0.05) is 5.92 Å². The van der Waals surface area contributed by atoms with E-state index < -0.39 is 17.1 Å². The fourth-order valence-electron chi connectivity index (χ4n) is 7.42. The molecule has 3 unspecified atom stereocenters. The molecule has 1 N–H and O–H groups in total. The van der Waals surface area contributed by atoms with Crippen LogP contribution in [0.2, 0.25) is 0 Å².